The summed E-state index contributed by atoms with van der Waals surface area (Å²) in [7, 11) is -1.89. The standard InChI is InChI=1S/C22H30OSi/c1-24(21-12-4-2-5-13-21,22-14-6-3-7-15-22)18-20(23)17-16-19-10-8-9-11-19/h2-7,12-15,19-20,23H,8-11,16-18H2,1H3. The Bertz CT molecular complexity index is 565. The molecular formula is C22H30OSi. The van der Waals surface area contributed by atoms with Crippen LogP contribution in [0.3, 0.4) is 0 Å². The van der Waals surface area contributed by atoms with Crippen LogP contribution < -0.4 is 10.4 Å². The first kappa shape index (κ1) is 17.4. The van der Waals surface area contributed by atoms with Crippen LogP contribution in [0.25, 0.3) is 0 Å². The molecule has 0 aliphatic heterocycles. The van der Waals surface area contributed by atoms with E-state index in [1.165, 1.54) is 42.5 Å². The molecule has 1 fully saturated rings. The molecule has 1 saturated carbocycles. The van der Waals surface area contributed by atoms with E-state index in [0.717, 1.165) is 18.4 Å². The summed E-state index contributed by atoms with van der Waals surface area (Å²) in [5.74, 6) is 0.862. The first-order valence-corrected chi connectivity index (χ1v) is 12.2. The minimum Gasteiger partial charge on any atom is -0.393 e. The molecule has 1 unspecified atom stereocenters. The highest BCUT2D eigenvalue weighted by atomic mass is 28.3. The molecule has 1 aliphatic carbocycles. The van der Waals surface area contributed by atoms with Crippen molar-refractivity contribution < 1.29 is 5.11 Å². The van der Waals surface area contributed by atoms with Gasteiger partial charge < -0.3 is 5.11 Å². The van der Waals surface area contributed by atoms with Crippen LogP contribution in [0.15, 0.2) is 60.7 Å². The molecule has 2 aromatic carbocycles. The molecule has 128 valence electrons. The van der Waals surface area contributed by atoms with Gasteiger partial charge >= 0.3 is 0 Å². The molecule has 0 radical (unpaired) electrons. The summed E-state index contributed by atoms with van der Waals surface area (Å²) in [6.07, 6.45) is 7.52. The first-order valence-electron chi connectivity index (χ1n) is 9.47. The lowest BCUT2D eigenvalue weighted by Gasteiger charge is -2.31. The molecule has 2 heteroatoms. The molecule has 0 aromatic heterocycles. The summed E-state index contributed by atoms with van der Waals surface area (Å²) in [6.45, 7) is 2.41. The van der Waals surface area contributed by atoms with Gasteiger partial charge in [-0.15, -0.1) is 0 Å². The van der Waals surface area contributed by atoms with Crippen molar-refractivity contribution in [3.05, 3.63) is 60.7 Å². The molecule has 2 aromatic rings. The summed E-state index contributed by atoms with van der Waals surface area (Å²) in [5, 5.41) is 13.7. The highest BCUT2D eigenvalue weighted by Gasteiger charge is 2.34. The van der Waals surface area contributed by atoms with Crippen molar-refractivity contribution in [3.63, 3.8) is 0 Å². The fraction of sp³-hybridized carbons (Fsp3) is 0.455. The highest BCUT2D eigenvalue weighted by Crippen LogP contribution is 2.30. The Kier molecular flexibility index (Phi) is 5.91. The van der Waals surface area contributed by atoms with Crippen molar-refractivity contribution in [1.29, 1.82) is 0 Å². The van der Waals surface area contributed by atoms with E-state index in [2.05, 4.69) is 67.2 Å². The van der Waals surface area contributed by atoms with E-state index in [4.69, 9.17) is 0 Å². The second-order valence-electron chi connectivity index (χ2n) is 7.65. The van der Waals surface area contributed by atoms with E-state index in [0.29, 0.717) is 0 Å². The third-order valence-corrected chi connectivity index (χ3v) is 10.4. The zero-order chi connectivity index (χ0) is 16.8. The van der Waals surface area contributed by atoms with Crippen molar-refractivity contribution >= 4 is 18.4 Å². The van der Waals surface area contributed by atoms with E-state index < -0.39 is 8.07 Å². The van der Waals surface area contributed by atoms with Crippen LogP contribution in [0.1, 0.15) is 38.5 Å². The second-order valence-corrected chi connectivity index (χ2v) is 11.9. The van der Waals surface area contributed by atoms with E-state index in [-0.39, 0.29) is 6.10 Å². The van der Waals surface area contributed by atoms with Crippen molar-refractivity contribution in [3.8, 4) is 0 Å². The molecule has 0 amide bonds. The maximum absolute atomic E-state index is 10.8. The zero-order valence-corrected chi connectivity index (χ0v) is 15.8. The monoisotopic (exact) mass is 338 g/mol. The van der Waals surface area contributed by atoms with Crippen LogP contribution in [-0.4, -0.2) is 19.3 Å². The van der Waals surface area contributed by atoms with Crippen molar-refractivity contribution in [2.45, 2.75) is 57.2 Å². The van der Waals surface area contributed by atoms with Gasteiger partial charge in [-0.1, -0.05) is 103 Å². The molecule has 0 bridgehead atoms. The maximum atomic E-state index is 10.8. The van der Waals surface area contributed by atoms with Gasteiger partial charge in [-0.25, -0.2) is 0 Å². The highest BCUT2D eigenvalue weighted by molar-refractivity contribution is 7.01. The molecule has 1 atom stereocenters. The number of benzene rings is 2. The normalized spacial score (nSPS) is 17.1. The lowest BCUT2D eigenvalue weighted by atomic mass is 10.0. The Morgan fingerprint density at radius 1 is 0.917 bits per heavy atom. The number of rotatable bonds is 7. The summed E-state index contributed by atoms with van der Waals surface area (Å²) < 4.78 is 0. The Morgan fingerprint density at radius 2 is 1.42 bits per heavy atom. The van der Waals surface area contributed by atoms with Crippen LogP contribution in [-0.2, 0) is 0 Å². The predicted octanol–water partition coefficient (Wildman–Crippen LogP) is 4.21. The van der Waals surface area contributed by atoms with Gasteiger partial charge in [-0.3, -0.25) is 0 Å². The summed E-state index contributed by atoms with van der Waals surface area (Å²) >= 11 is 0. The third-order valence-electron chi connectivity index (χ3n) is 5.85. The lowest BCUT2D eigenvalue weighted by molar-refractivity contribution is 0.172. The SMILES string of the molecule is C[Si](CC(O)CCC1CCCC1)(c1ccccc1)c1ccccc1. The van der Waals surface area contributed by atoms with Gasteiger partial charge in [0.2, 0.25) is 0 Å². The van der Waals surface area contributed by atoms with Crippen LogP contribution in [0.2, 0.25) is 12.6 Å². The molecular weight excluding hydrogens is 308 g/mol. The van der Waals surface area contributed by atoms with E-state index in [9.17, 15) is 5.11 Å². The van der Waals surface area contributed by atoms with Crippen molar-refractivity contribution in [2.75, 3.05) is 0 Å². The minimum atomic E-state index is -1.89. The van der Waals surface area contributed by atoms with E-state index >= 15 is 0 Å². The molecule has 1 nitrogen and oxygen atoms in total. The Labute approximate surface area is 147 Å². The zero-order valence-electron chi connectivity index (χ0n) is 14.8. The fourth-order valence-corrected chi connectivity index (χ4v) is 8.12. The Hall–Kier alpha value is -1.38. The van der Waals surface area contributed by atoms with E-state index in [1.54, 1.807) is 0 Å². The molecule has 1 N–H and O–H groups in total. The van der Waals surface area contributed by atoms with Crippen molar-refractivity contribution in [2.24, 2.45) is 5.92 Å². The van der Waals surface area contributed by atoms with Gasteiger partial charge in [-0.05, 0) is 24.8 Å². The van der Waals surface area contributed by atoms with Crippen molar-refractivity contribution in [1.82, 2.24) is 0 Å². The van der Waals surface area contributed by atoms with Crippen LogP contribution in [0.5, 0.6) is 0 Å². The number of hydrogen-bond acceptors (Lipinski definition) is 1. The average Bonchev–Trinajstić information content (AvgIpc) is 3.15. The van der Waals surface area contributed by atoms with Gasteiger partial charge in [0.15, 0.2) is 0 Å². The predicted molar refractivity (Wildman–Crippen MR) is 106 cm³/mol. The third kappa shape index (κ3) is 4.17. The van der Waals surface area contributed by atoms with Gasteiger partial charge in [0.25, 0.3) is 0 Å². The minimum absolute atomic E-state index is 0.178. The largest absolute Gasteiger partial charge is 0.393 e. The van der Waals surface area contributed by atoms with Gasteiger partial charge in [-0.2, -0.15) is 0 Å². The van der Waals surface area contributed by atoms with Gasteiger partial charge in [0.1, 0.15) is 8.07 Å². The molecule has 0 saturated heterocycles. The Morgan fingerprint density at radius 3 is 1.92 bits per heavy atom. The average molecular weight is 339 g/mol. The van der Waals surface area contributed by atoms with E-state index in [1.807, 2.05) is 0 Å². The smallest absolute Gasteiger partial charge is 0.117 e. The molecule has 0 heterocycles. The van der Waals surface area contributed by atoms with Gasteiger partial charge in [0.05, 0.1) is 6.10 Å². The molecule has 0 spiro atoms. The van der Waals surface area contributed by atoms with Crippen LogP contribution in [0.4, 0.5) is 0 Å². The molecule has 3 rings (SSSR count). The molecule has 1 aliphatic rings. The lowest BCUT2D eigenvalue weighted by Crippen LogP contribution is -2.57. The van der Waals surface area contributed by atoms with Crippen LogP contribution >= 0.6 is 0 Å². The first-order chi connectivity index (χ1) is 11.7. The number of aliphatic hydroxyl groups is 1. The quantitative estimate of drug-likeness (QED) is 0.750. The second kappa shape index (κ2) is 8.13. The fourth-order valence-electron chi connectivity index (χ4n) is 4.31. The Balaban J connectivity index is 1.75. The number of hydrogen-bond donors (Lipinski definition) is 1. The number of aliphatic hydroxyl groups excluding tert-OH is 1. The topological polar surface area (TPSA) is 20.2 Å². The summed E-state index contributed by atoms with van der Waals surface area (Å²) in [6, 6.07) is 22.6. The van der Waals surface area contributed by atoms with Gasteiger partial charge in [0, 0.05) is 0 Å². The molecule has 24 heavy (non-hydrogen) atoms. The summed E-state index contributed by atoms with van der Waals surface area (Å²) in [4.78, 5) is 0. The summed E-state index contributed by atoms with van der Waals surface area (Å²) in [5.41, 5.74) is 0. The van der Waals surface area contributed by atoms with Crippen LogP contribution in [0, 0.1) is 5.92 Å². The maximum Gasteiger partial charge on any atom is 0.117 e.